The number of nitrogens with zero attached hydrogens (tertiary/aromatic N) is 2. The molecule has 1 saturated heterocycles. The van der Waals surface area contributed by atoms with E-state index in [0.29, 0.717) is 31.3 Å². The second-order valence-electron chi connectivity index (χ2n) is 4.95. The monoisotopic (exact) mass is 337 g/mol. The second-order valence-corrected chi connectivity index (χ2v) is 5.81. The topological polar surface area (TPSA) is 74.2 Å². The van der Waals surface area contributed by atoms with E-state index in [-0.39, 0.29) is 12.0 Å². The summed E-state index contributed by atoms with van der Waals surface area (Å²) >= 11 is 3.52. The van der Waals surface area contributed by atoms with Crippen molar-refractivity contribution in [2.75, 3.05) is 13.2 Å². The van der Waals surface area contributed by atoms with Crippen LogP contribution >= 0.6 is 15.9 Å². The molecule has 0 spiro atoms. The molecule has 6 heteroatoms. The highest BCUT2D eigenvalue weighted by Crippen LogP contribution is 2.24. The van der Waals surface area contributed by atoms with E-state index >= 15 is 0 Å². The number of benzene rings is 1. The molecule has 2 atom stereocenters. The lowest BCUT2D eigenvalue weighted by Gasteiger charge is -2.25. The average molecular weight is 338 g/mol. The van der Waals surface area contributed by atoms with E-state index in [1.807, 2.05) is 24.3 Å². The molecule has 1 aliphatic heterocycles. The molecule has 1 aromatic heterocycles. The Labute approximate surface area is 125 Å². The van der Waals surface area contributed by atoms with Crippen molar-refractivity contribution in [2.45, 2.75) is 24.8 Å². The van der Waals surface area contributed by atoms with Gasteiger partial charge in [-0.1, -0.05) is 39.3 Å². The number of nitrogens with two attached hydrogens (primary N) is 1. The van der Waals surface area contributed by atoms with Crippen molar-refractivity contribution in [2.24, 2.45) is 5.73 Å². The molecule has 2 aromatic rings. The minimum atomic E-state index is 0.00390. The van der Waals surface area contributed by atoms with Crippen LogP contribution in [0.15, 0.2) is 33.3 Å². The fourth-order valence-electron chi connectivity index (χ4n) is 2.31. The van der Waals surface area contributed by atoms with Gasteiger partial charge >= 0.3 is 0 Å². The maximum atomic E-state index is 6.08. The fourth-order valence-corrected chi connectivity index (χ4v) is 2.74. The quantitative estimate of drug-likeness (QED) is 0.929. The minimum Gasteiger partial charge on any atom is -0.381 e. The summed E-state index contributed by atoms with van der Waals surface area (Å²) < 4.78 is 11.8. The Morgan fingerprint density at radius 3 is 3.00 bits per heavy atom. The summed E-state index contributed by atoms with van der Waals surface area (Å²) in [7, 11) is 0. The molecular formula is C14H16BrN3O2. The van der Waals surface area contributed by atoms with Crippen LogP contribution in [0, 0.1) is 0 Å². The molecule has 5 nitrogen and oxygen atoms in total. The minimum absolute atomic E-state index is 0.00390. The maximum absolute atomic E-state index is 6.08. The van der Waals surface area contributed by atoms with Crippen LogP contribution in [0.25, 0.3) is 0 Å². The molecule has 3 rings (SSSR count). The highest BCUT2D eigenvalue weighted by atomic mass is 79.9. The molecule has 0 bridgehead atoms. The van der Waals surface area contributed by atoms with Crippen molar-refractivity contribution in [1.29, 1.82) is 0 Å². The average Bonchev–Trinajstić information content (AvgIpc) is 2.90. The van der Waals surface area contributed by atoms with Crippen LogP contribution < -0.4 is 5.73 Å². The van der Waals surface area contributed by atoms with Crippen molar-refractivity contribution >= 4 is 15.9 Å². The largest absolute Gasteiger partial charge is 0.381 e. The summed E-state index contributed by atoms with van der Waals surface area (Å²) in [5.41, 5.74) is 7.21. The third kappa shape index (κ3) is 2.92. The van der Waals surface area contributed by atoms with Gasteiger partial charge in [-0.15, -0.1) is 0 Å². The van der Waals surface area contributed by atoms with Gasteiger partial charge in [0.25, 0.3) is 0 Å². The van der Waals surface area contributed by atoms with E-state index in [1.54, 1.807) is 0 Å². The van der Waals surface area contributed by atoms with Crippen LogP contribution in [0.2, 0.25) is 0 Å². The molecular weight excluding hydrogens is 322 g/mol. The summed E-state index contributed by atoms with van der Waals surface area (Å²) in [5, 5.41) is 4.04. The standard InChI is InChI=1S/C14H16BrN3O2/c15-11-4-2-1-3-9(11)7-13-17-14(20-18-13)10-8-19-6-5-12(10)16/h1-4,10,12H,5-8,16H2. The first kappa shape index (κ1) is 13.7. The van der Waals surface area contributed by atoms with Gasteiger partial charge in [0.15, 0.2) is 5.82 Å². The molecule has 106 valence electrons. The van der Waals surface area contributed by atoms with Gasteiger partial charge in [0.05, 0.1) is 12.5 Å². The van der Waals surface area contributed by atoms with E-state index < -0.39 is 0 Å². The van der Waals surface area contributed by atoms with E-state index in [0.717, 1.165) is 16.5 Å². The zero-order valence-corrected chi connectivity index (χ0v) is 12.5. The summed E-state index contributed by atoms with van der Waals surface area (Å²) in [5.74, 6) is 1.26. The van der Waals surface area contributed by atoms with Crippen molar-refractivity contribution < 1.29 is 9.26 Å². The Bertz CT molecular complexity index is 587. The Balaban J connectivity index is 1.75. The highest BCUT2D eigenvalue weighted by molar-refractivity contribution is 9.10. The molecule has 2 N–H and O–H groups in total. The van der Waals surface area contributed by atoms with Crippen LogP contribution in [0.1, 0.15) is 29.6 Å². The molecule has 0 amide bonds. The lowest BCUT2D eigenvalue weighted by atomic mass is 9.97. The zero-order chi connectivity index (χ0) is 13.9. The first-order chi connectivity index (χ1) is 9.74. The summed E-state index contributed by atoms with van der Waals surface area (Å²) in [6, 6.07) is 8.04. The lowest BCUT2D eigenvalue weighted by Crippen LogP contribution is -2.37. The van der Waals surface area contributed by atoms with E-state index in [1.165, 1.54) is 0 Å². The Kier molecular flexibility index (Phi) is 4.14. The molecule has 1 fully saturated rings. The Morgan fingerprint density at radius 2 is 2.20 bits per heavy atom. The van der Waals surface area contributed by atoms with E-state index in [4.69, 9.17) is 15.0 Å². The number of halogens is 1. The molecule has 2 unspecified atom stereocenters. The molecule has 0 saturated carbocycles. The van der Waals surface area contributed by atoms with Gasteiger partial charge in [0.2, 0.25) is 5.89 Å². The highest BCUT2D eigenvalue weighted by Gasteiger charge is 2.29. The van der Waals surface area contributed by atoms with Gasteiger partial charge in [-0.2, -0.15) is 4.98 Å². The first-order valence-corrected chi connectivity index (χ1v) is 7.42. The van der Waals surface area contributed by atoms with Gasteiger partial charge in [-0.3, -0.25) is 0 Å². The third-order valence-corrected chi connectivity index (χ3v) is 4.29. The van der Waals surface area contributed by atoms with Crippen LogP contribution in [-0.4, -0.2) is 29.4 Å². The van der Waals surface area contributed by atoms with Gasteiger partial charge in [-0.25, -0.2) is 0 Å². The molecule has 1 aliphatic rings. The first-order valence-electron chi connectivity index (χ1n) is 6.63. The van der Waals surface area contributed by atoms with Crippen LogP contribution in [-0.2, 0) is 11.2 Å². The smallest absolute Gasteiger partial charge is 0.233 e. The summed E-state index contributed by atoms with van der Waals surface area (Å²) in [6.07, 6.45) is 1.46. The normalized spacial score (nSPS) is 22.9. The van der Waals surface area contributed by atoms with Crippen molar-refractivity contribution in [3.05, 3.63) is 46.0 Å². The number of rotatable bonds is 3. The molecule has 0 aliphatic carbocycles. The van der Waals surface area contributed by atoms with Crippen molar-refractivity contribution in [3.8, 4) is 0 Å². The molecule has 1 aromatic carbocycles. The summed E-state index contributed by atoms with van der Waals surface area (Å²) in [6.45, 7) is 1.26. The molecule has 0 radical (unpaired) electrons. The SMILES string of the molecule is NC1CCOCC1c1nc(Cc2ccccc2Br)no1. The predicted octanol–water partition coefficient (Wildman–Crippen LogP) is 2.25. The lowest BCUT2D eigenvalue weighted by molar-refractivity contribution is 0.0590. The van der Waals surface area contributed by atoms with Crippen LogP contribution in [0.3, 0.4) is 0 Å². The number of hydrogen-bond acceptors (Lipinski definition) is 5. The third-order valence-electron chi connectivity index (χ3n) is 3.52. The van der Waals surface area contributed by atoms with Gasteiger partial charge in [0.1, 0.15) is 0 Å². The predicted molar refractivity (Wildman–Crippen MR) is 77.4 cm³/mol. The fraction of sp³-hybridized carbons (Fsp3) is 0.429. The maximum Gasteiger partial charge on any atom is 0.233 e. The zero-order valence-electron chi connectivity index (χ0n) is 11.0. The van der Waals surface area contributed by atoms with Crippen LogP contribution in [0.5, 0.6) is 0 Å². The number of aromatic nitrogens is 2. The summed E-state index contributed by atoms with van der Waals surface area (Å²) in [4.78, 5) is 4.46. The van der Waals surface area contributed by atoms with E-state index in [2.05, 4.69) is 26.1 Å². The second kappa shape index (κ2) is 6.03. The van der Waals surface area contributed by atoms with Gasteiger partial charge < -0.3 is 15.0 Å². The van der Waals surface area contributed by atoms with Gasteiger partial charge in [0, 0.05) is 23.5 Å². The number of hydrogen-bond donors (Lipinski definition) is 1. The van der Waals surface area contributed by atoms with Crippen molar-refractivity contribution in [3.63, 3.8) is 0 Å². The van der Waals surface area contributed by atoms with Crippen molar-refractivity contribution in [1.82, 2.24) is 10.1 Å². The number of ether oxygens (including phenoxy) is 1. The van der Waals surface area contributed by atoms with Gasteiger partial charge in [-0.05, 0) is 18.1 Å². The molecule has 2 heterocycles. The van der Waals surface area contributed by atoms with Crippen LogP contribution in [0.4, 0.5) is 0 Å². The molecule has 20 heavy (non-hydrogen) atoms. The Hall–Kier alpha value is -1.24. The Morgan fingerprint density at radius 1 is 1.35 bits per heavy atom. The van der Waals surface area contributed by atoms with E-state index in [9.17, 15) is 0 Å².